The van der Waals surface area contributed by atoms with Crippen LogP contribution in [0.5, 0.6) is 5.75 Å². The Kier molecular flexibility index (Phi) is 5.20. The van der Waals surface area contributed by atoms with Crippen molar-refractivity contribution in [3.05, 3.63) is 27.3 Å². The third-order valence-electron chi connectivity index (χ3n) is 2.64. The smallest absolute Gasteiger partial charge is 0.253 e. The third kappa shape index (κ3) is 3.32. The van der Waals surface area contributed by atoms with Crippen LogP contribution in [0.2, 0.25) is 0 Å². The standard InChI is InChI=1S/C12H16INO3/c1-8(7-15)14(2)12(16)9-4-5-11(17-3)10(13)6-9/h4-6,8,15H,7H2,1-3H3. The highest BCUT2D eigenvalue weighted by Gasteiger charge is 2.17. The number of methoxy groups -OCH3 is 1. The normalized spacial score (nSPS) is 12.1. The first-order chi connectivity index (χ1) is 8.01. The molecule has 0 aliphatic rings. The molecule has 1 amide bonds. The van der Waals surface area contributed by atoms with Gasteiger partial charge < -0.3 is 14.7 Å². The van der Waals surface area contributed by atoms with Crippen LogP contribution in [-0.2, 0) is 0 Å². The molecule has 0 aliphatic carbocycles. The van der Waals surface area contributed by atoms with E-state index >= 15 is 0 Å². The zero-order valence-electron chi connectivity index (χ0n) is 10.1. The molecule has 1 rings (SSSR count). The number of aliphatic hydroxyl groups is 1. The van der Waals surface area contributed by atoms with Gasteiger partial charge in [0.25, 0.3) is 5.91 Å². The number of hydrogen-bond donors (Lipinski definition) is 1. The number of amides is 1. The maximum absolute atomic E-state index is 12.1. The lowest BCUT2D eigenvalue weighted by atomic mass is 10.1. The van der Waals surface area contributed by atoms with Crippen molar-refractivity contribution in [2.75, 3.05) is 20.8 Å². The van der Waals surface area contributed by atoms with Crippen molar-refractivity contribution in [2.45, 2.75) is 13.0 Å². The van der Waals surface area contributed by atoms with E-state index in [1.54, 1.807) is 39.3 Å². The van der Waals surface area contributed by atoms with Crippen LogP contribution in [0.3, 0.4) is 0 Å². The van der Waals surface area contributed by atoms with Gasteiger partial charge in [-0.3, -0.25) is 4.79 Å². The monoisotopic (exact) mass is 349 g/mol. The molecular weight excluding hydrogens is 333 g/mol. The number of nitrogens with zero attached hydrogens (tertiary/aromatic N) is 1. The highest BCUT2D eigenvalue weighted by atomic mass is 127. The van der Waals surface area contributed by atoms with Crippen LogP contribution in [0.1, 0.15) is 17.3 Å². The first kappa shape index (κ1) is 14.2. The minimum Gasteiger partial charge on any atom is -0.496 e. The molecule has 0 spiro atoms. The van der Waals surface area contributed by atoms with Crippen LogP contribution in [0.4, 0.5) is 0 Å². The fraction of sp³-hybridized carbons (Fsp3) is 0.417. The van der Waals surface area contributed by atoms with Crippen LogP contribution in [0.15, 0.2) is 18.2 Å². The topological polar surface area (TPSA) is 49.8 Å². The van der Waals surface area contributed by atoms with E-state index in [4.69, 9.17) is 9.84 Å². The Hall–Kier alpha value is -0.820. The molecule has 17 heavy (non-hydrogen) atoms. The van der Waals surface area contributed by atoms with Crippen molar-refractivity contribution in [1.82, 2.24) is 4.90 Å². The summed E-state index contributed by atoms with van der Waals surface area (Å²) >= 11 is 2.12. The van der Waals surface area contributed by atoms with Crippen molar-refractivity contribution >= 4 is 28.5 Å². The number of aliphatic hydroxyl groups excluding tert-OH is 1. The fourth-order valence-electron chi connectivity index (χ4n) is 1.33. The van der Waals surface area contributed by atoms with Gasteiger partial charge in [0.1, 0.15) is 5.75 Å². The Bertz CT molecular complexity index is 409. The van der Waals surface area contributed by atoms with Crippen molar-refractivity contribution in [3.63, 3.8) is 0 Å². The third-order valence-corrected chi connectivity index (χ3v) is 3.49. The maximum atomic E-state index is 12.1. The number of carbonyl (C=O) groups is 1. The summed E-state index contributed by atoms with van der Waals surface area (Å²) in [6.45, 7) is 1.75. The second-order valence-corrected chi connectivity index (χ2v) is 4.96. The molecule has 0 bridgehead atoms. The Balaban J connectivity index is 2.93. The molecular formula is C12H16INO3. The summed E-state index contributed by atoms with van der Waals surface area (Å²) in [6, 6.07) is 5.08. The Morgan fingerprint density at radius 3 is 2.71 bits per heavy atom. The maximum Gasteiger partial charge on any atom is 0.253 e. The molecule has 0 aromatic heterocycles. The van der Waals surface area contributed by atoms with E-state index in [0.29, 0.717) is 5.56 Å². The van der Waals surface area contributed by atoms with Crippen LogP contribution in [0, 0.1) is 3.57 Å². The van der Waals surface area contributed by atoms with Gasteiger partial charge in [0, 0.05) is 12.6 Å². The van der Waals surface area contributed by atoms with Gasteiger partial charge in [-0.25, -0.2) is 0 Å². The number of rotatable bonds is 4. The van der Waals surface area contributed by atoms with Crippen LogP contribution in [0.25, 0.3) is 0 Å². The van der Waals surface area contributed by atoms with E-state index in [9.17, 15) is 4.79 Å². The molecule has 0 heterocycles. The molecule has 5 heteroatoms. The van der Waals surface area contributed by atoms with Crippen LogP contribution in [-0.4, -0.2) is 42.7 Å². The Morgan fingerprint density at radius 1 is 1.59 bits per heavy atom. The predicted octanol–water partition coefficient (Wildman–Crippen LogP) is 1.75. The number of benzene rings is 1. The van der Waals surface area contributed by atoms with Gasteiger partial charge in [-0.1, -0.05) is 0 Å². The van der Waals surface area contributed by atoms with Gasteiger partial charge in [0.2, 0.25) is 0 Å². The molecule has 94 valence electrons. The van der Waals surface area contributed by atoms with E-state index in [-0.39, 0.29) is 18.6 Å². The molecule has 1 unspecified atom stereocenters. The molecule has 1 aromatic rings. The summed E-state index contributed by atoms with van der Waals surface area (Å²) < 4.78 is 6.03. The number of hydrogen-bond acceptors (Lipinski definition) is 3. The zero-order chi connectivity index (χ0) is 13.0. The molecule has 0 saturated heterocycles. The van der Waals surface area contributed by atoms with Crippen LogP contribution < -0.4 is 4.74 Å². The summed E-state index contributed by atoms with van der Waals surface area (Å²) in [5, 5.41) is 9.02. The summed E-state index contributed by atoms with van der Waals surface area (Å²) in [6.07, 6.45) is 0. The van der Waals surface area contributed by atoms with E-state index < -0.39 is 0 Å². The van der Waals surface area contributed by atoms with Gasteiger partial charge in [-0.15, -0.1) is 0 Å². The SMILES string of the molecule is COc1ccc(C(=O)N(C)C(C)CO)cc1I. The first-order valence-electron chi connectivity index (χ1n) is 5.22. The van der Waals surface area contributed by atoms with Crippen molar-refractivity contribution < 1.29 is 14.6 Å². The quantitative estimate of drug-likeness (QED) is 0.843. The second-order valence-electron chi connectivity index (χ2n) is 3.80. The molecule has 0 saturated carbocycles. The van der Waals surface area contributed by atoms with Gasteiger partial charge >= 0.3 is 0 Å². The zero-order valence-corrected chi connectivity index (χ0v) is 12.3. The highest BCUT2D eigenvalue weighted by Crippen LogP contribution is 2.22. The molecule has 0 aliphatic heterocycles. The number of carbonyl (C=O) groups excluding carboxylic acids is 1. The summed E-state index contributed by atoms with van der Waals surface area (Å²) in [5.74, 6) is 0.645. The second kappa shape index (κ2) is 6.20. The summed E-state index contributed by atoms with van der Waals surface area (Å²) in [7, 11) is 3.28. The molecule has 1 N–H and O–H groups in total. The van der Waals surface area contributed by atoms with Gasteiger partial charge in [0.15, 0.2) is 0 Å². The first-order valence-corrected chi connectivity index (χ1v) is 6.30. The summed E-state index contributed by atoms with van der Waals surface area (Å²) in [5.41, 5.74) is 0.595. The van der Waals surface area contributed by atoms with E-state index in [2.05, 4.69) is 22.6 Å². The van der Waals surface area contributed by atoms with E-state index in [0.717, 1.165) is 9.32 Å². The number of ether oxygens (including phenoxy) is 1. The van der Waals surface area contributed by atoms with Crippen molar-refractivity contribution in [1.29, 1.82) is 0 Å². The molecule has 0 fully saturated rings. The Morgan fingerprint density at radius 2 is 2.24 bits per heavy atom. The average Bonchev–Trinajstić information content (AvgIpc) is 2.35. The van der Waals surface area contributed by atoms with Crippen molar-refractivity contribution in [3.8, 4) is 5.75 Å². The largest absolute Gasteiger partial charge is 0.496 e. The lowest BCUT2D eigenvalue weighted by Crippen LogP contribution is -2.37. The van der Waals surface area contributed by atoms with E-state index in [1.165, 1.54) is 4.90 Å². The van der Waals surface area contributed by atoms with E-state index in [1.807, 2.05) is 0 Å². The molecule has 1 aromatic carbocycles. The van der Waals surface area contributed by atoms with Crippen LogP contribution >= 0.6 is 22.6 Å². The lowest BCUT2D eigenvalue weighted by Gasteiger charge is -2.23. The number of halogens is 1. The molecule has 4 nitrogen and oxygen atoms in total. The Labute approximate surface area is 115 Å². The molecule has 0 radical (unpaired) electrons. The van der Waals surface area contributed by atoms with Gasteiger partial charge in [0.05, 0.1) is 23.3 Å². The van der Waals surface area contributed by atoms with Gasteiger partial charge in [-0.05, 0) is 47.7 Å². The van der Waals surface area contributed by atoms with Gasteiger partial charge in [-0.2, -0.15) is 0 Å². The lowest BCUT2D eigenvalue weighted by molar-refractivity contribution is 0.0682. The highest BCUT2D eigenvalue weighted by molar-refractivity contribution is 14.1. The fourth-order valence-corrected chi connectivity index (χ4v) is 2.06. The average molecular weight is 349 g/mol. The predicted molar refractivity (Wildman–Crippen MR) is 74.4 cm³/mol. The molecule has 1 atom stereocenters. The minimum atomic E-state index is -0.192. The summed E-state index contributed by atoms with van der Waals surface area (Å²) in [4.78, 5) is 13.6. The number of likely N-dealkylation sites (N-methyl/N-ethyl adjacent to an activating group) is 1. The minimum absolute atomic E-state index is 0.0461. The van der Waals surface area contributed by atoms with Crippen molar-refractivity contribution in [2.24, 2.45) is 0 Å².